The molecular formula is C11H19F3N2O2. The van der Waals surface area contributed by atoms with E-state index in [1.54, 1.807) is 27.7 Å². The average molecular weight is 268 g/mol. The number of rotatable bonds is 0. The van der Waals surface area contributed by atoms with E-state index in [2.05, 4.69) is 5.32 Å². The van der Waals surface area contributed by atoms with Crippen molar-refractivity contribution in [1.29, 1.82) is 0 Å². The number of piperazine rings is 1. The van der Waals surface area contributed by atoms with Gasteiger partial charge in [-0.25, -0.2) is 4.79 Å². The zero-order chi connectivity index (χ0) is 14.1. The molecule has 0 spiro atoms. The highest BCUT2D eigenvalue weighted by molar-refractivity contribution is 5.68. The summed E-state index contributed by atoms with van der Waals surface area (Å²) in [5.74, 6) is 0. The lowest BCUT2D eigenvalue weighted by atomic mass is 10.1. The normalized spacial score (nSPS) is 26.1. The minimum atomic E-state index is -4.36. The van der Waals surface area contributed by atoms with E-state index in [0.717, 1.165) is 4.90 Å². The van der Waals surface area contributed by atoms with Crippen LogP contribution >= 0.6 is 0 Å². The van der Waals surface area contributed by atoms with Crippen molar-refractivity contribution >= 4 is 6.09 Å². The highest BCUT2D eigenvalue weighted by atomic mass is 19.4. The predicted octanol–water partition coefficient (Wildman–Crippen LogP) is 2.15. The van der Waals surface area contributed by atoms with Crippen molar-refractivity contribution in [3.05, 3.63) is 0 Å². The van der Waals surface area contributed by atoms with Gasteiger partial charge in [0.1, 0.15) is 11.6 Å². The molecule has 1 rings (SSSR count). The highest BCUT2D eigenvalue weighted by Gasteiger charge is 2.45. The molecule has 2 unspecified atom stereocenters. The van der Waals surface area contributed by atoms with Crippen LogP contribution in [0.1, 0.15) is 27.7 Å². The van der Waals surface area contributed by atoms with E-state index in [4.69, 9.17) is 4.74 Å². The maximum atomic E-state index is 12.6. The van der Waals surface area contributed by atoms with Crippen molar-refractivity contribution in [2.75, 3.05) is 13.1 Å². The van der Waals surface area contributed by atoms with E-state index in [1.165, 1.54) is 0 Å². The molecule has 0 aromatic rings. The van der Waals surface area contributed by atoms with Gasteiger partial charge in [0, 0.05) is 19.1 Å². The average Bonchev–Trinajstić information content (AvgIpc) is 2.13. The minimum Gasteiger partial charge on any atom is -0.444 e. The molecule has 1 aliphatic heterocycles. The number of alkyl halides is 3. The number of carbonyl (C=O) groups is 1. The molecule has 0 aliphatic carbocycles. The Balaban J connectivity index is 2.71. The summed E-state index contributed by atoms with van der Waals surface area (Å²) in [5.41, 5.74) is -0.713. The molecule has 1 N–H and O–H groups in total. The topological polar surface area (TPSA) is 41.6 Å². The van der Waals surface area contributed by atoms with Crippen LogP contribution in [0.5, 0.6) is 0 Å². The Bertz CT molecular complexity index is 312. The second-order valence-corrected chi connectivity index (χ2v) is 5.48. The number of hydrogen-bond donors (Lipinski definition) is 1. The van der Waals surface area contributed by atoms with E-state index in [0.29, 0.717) is 0 Å². The van der Waals surface area contributed by atoms with Crippen LogP contribution in [0.3, 0.4) is 0 Å². The molecule has 2 atom stereocenters. The molecule has 1 saturated heterocycles. The third-order valence-corrected chi connectivity index (χ3v) is 2.59. The Morgan fingerprint density at radius 3 is 2.33 bits per heavy atom. The predicted molar refractivity (Wildman–Crippen MR) is 60.2 cm³/mol. The monoisotopic (exact) mass is 268 g/mol. The Morgan fingerprint density at radius 1 is 1.33 bits per heavy atom. The molecular weight excluding hydrogens is 249 g/mol. The third-order valence-electron chi connectivity index (χ3n) is 2.59. The van der Waals surface area contributed by atoms with Gasteiger partial charge in [0.2, 0.25) is 0 Å². The van der Waals surface area contributed by atoms with Gasteiger partial charge in [0.05, 0.1) is 0 Å². The quantitative estimate of drug-likeness (QED) is 0.732. The summed E-state index contributed by atoms with van der Waals surface area (Å²) in [7, 11) is 0. The first-order valence-corrected chi connectivity index (χ1v) is 5.80. The highest BCUT2D eigenvalue weighted by Crippen LogP contribution is 2.24. The summed E-state index contributed by atoms with van der Waals surface area (Å²) in [5, 5.41) is 2.38. The number of halogens is 3. The molecule has 0 aromatic heterocycles. The van der Waals surface area contributed by atoms with Crippen LogP contribution < -0.4 is 5.32 Å². The first-order valence-electron chi connectivity index (χ1n) is 5.80. The molecule has 0 saturated carbocycles. The van der Waals surface area contributed by atoms with Crippen molar-refractivity contribution in [2.24, 2.45) is 0 Å². The molecule has 0 aromatic carbocycles. The number of amides is 1. The molecule has 7 heteroatoms. The number of nitrogens with one attached hydrogen (secondary N) is 1. The van der Waals surface area contributed by atoms with E-state index in [-0.39, 0.29) is 12.6 Å². The van der Waals surface area contributed by atoms with Crippen LogP contribution in [-0.4, -0.2) is 47.9 Å². The van der Waals surface area contributed by atoms with Gasteiger partial charge in [-0.2, -0.15) is 13.2 Å². The Kier molecular flexibility index (Phi) is 4.15. The van der Waals surface area contributed by atoms with Crippen molar-refractivity contribution in [3.63, 3.8) is 0 Å². The summed E-state index contributed by atoms with van der Waals surface area (Å²) in [6.07, 6.45) is -5.06. The first-order chi connectivity index (χ1) is 8.00. The van der Waals surface area contributed by atoms with Gasteiger partial charge in [-0.1, -0.05) is 0 Å². The van der Waals surface area contributed by atoms with Gasteiger partial charge in [0.25, 0.3) is 0 Å². The fourth-order valence-electron chi connectivity index (χ4n) is 1.66. The zero-order valence-corrected chi connectivity index (χ0v) is 11.0. The van der Waals surface area contributed by atoms with Gasteiger partial charge in [-0.15, -0.1) is 0 Å². The largest absolute Gasteiger partial charge is 0.444 e. The molecule has 4 nitrogen and oxygen atoms in total. The van der Waals surface area contributed by atoms with Gasteiger partial charge in [0.15, 0.2) is 0 Å². The van der Waals surface area contributed by atoms with Crippen LogP contribution in [0.15, 0.2) is 0 Å². The fraction of sp³-hybridized carbons (Fsp3) is 0.909. The minimum absolute atomic E-state index is 0.101. The van der Waals surface area contributed by atoms with Crippen molar-refractivity contribution in [3.8, 4) is 0 Å². The van der Waals surface area contributed by atoms with E-state index in [1.807, 2.05) is 0 Å². The van der Waals surface area contributed by atoms with Crippen LogP contribution in [0, 0.1) is 0 Å². The lowest BCUT2D eigenvalue weighted by molar-refractivity contribution is -0.166. The third kappa shape index (κ3) is 4.04. The molecule has 0 radical (unpaired) electrons. The van der Waals surface area contributed by atoms with Gasteiger partial charge >= 0.3 is 12.3 Å². The van der Waals surface area contributed by atoms with Gasteiger partial charge in [-0.3, -0.25) is 0 Å². The Morgan fingerprint density at radius 2 is 1.89 bits per heavy atom. The zero-order valence-electron chi connectivity index (χ0n) is 11.0. The fourth-order valence-corrected chi connectivity index (χ4v) is 1.66. The standard InChI is InChI=1S/C11H19F3N2O2/c1-7-5-15-8(11(12,13)14)6-16(7)9(17)18-10(2,3)4/h7-8,15H,5-6H2,1-4H3. The molecule has 1 fully saturated rings. The molecule has 106 valence electrons. The van der Waals surface area contributed by atoms with Crippen molar-refractivity contribution in [1.82, 2.24) is 10.2 Å². The van der Waals surface area contributed by atoms with Crippen molar-refractivity contribution in [2.45, 2.75) is 51.6 Å². The van der Waals surface area contributed by atoms with Crippen LogP contribution in [-0.2, 0) is 4.74 Å². The maximum Gasteiger partial charge on any atom is 0.410 e. The number of carbonyl (C=O) groups excluding carboxylic acids is 1. The second kappa shape index (κ2) is 4.95. The molecule has 1 aliphatic rings. The SMILES string of the molecule is CC1CNC(C(F)(F)F)CN1C(=O)OC(C)(C)C. The summed E-state index contributed by atoms with van der Waals surface area (Å²) >= 11 is 0. The maximum absolute atomic E-state index is 12.6. The Labute approximate surface area is 104 Å². The Hall–Kier alpha value is -0.980. The smallest absolute Gasteiger partial charge is 0.410 e. The van der Waals surface area contributed by atoms with Crippen LogP contribution in [0.4, 0.5) is 18.0 Å². The molecule has 18 heavy (non-hydrogen) atoms. The van der Waals surface area contributed by atoms with E-state index < -0.39 is 30.5 Å². The number of hydrogen-bond acceptors (Lipinski definition) is 3. The lowest BCUT2D eigenvalue weighted by Crippen LogP contribution is -2.62. The second-order valence-electron chi connectivity index (χ2n) is 5.48. The van der Waals surface area contributed by atoms with Crippen LogP contribution in [0.2, 0.25) is 0 Å². The van der Waals surface area contributed by atoms with Gasteiger partial charge in [-0.05, 0) is 27.7 Å². The number of nitrogens with zero attached hydrogens (tertiary/aromatic N) is 1. The van der Waals surface area contributed by atoms with Crippen molar-refractivity contribution < 1.29 is 22.7 Å². The molecule has 1 amide bonds. The number of ether oxygens (including phenoxy) is 1. The first kappa shape index (κ1) is 15.1. The molecule has 0 bridgehead atoms. The van der Waals surface area contributed by atoms with Gasteiger partial charge < -0.3 is 15.0 Å². The summed E-state index contributed by atoms with van der Waals surface area (Å²) in [4.78, 5) is 12.9. The summed E-state index contributed by atoms with van der Waals surface area (Å²) in [6, 6.07) is -2.01. The summed E-state index contributed by atoms with van der Waals surface area (Å²) < 4.78 is 42.9. The van der Waals surface area contributed by atoms with E-state index >= 15 is 0 Å². The van der Waals surface area contributed by atoms with E-state index in [9.17, 15) is 18.0 Å². The molecule has 1 heterocycles. The van der Waals surface area contributed by atoms with Crippen LogP contribution in [0.25, 0.3) is 0 Å². The lowest BCUT2D eigenvalue weighted by Gasteiger charge is -2.39. The summed E-state index contributed by atoms with van der Waals surface area (Å²) in [6.45, 7) is 6.41.